The van der Waals surface area contributed by atoms with Gasteiger partial charge in [0.05, 0.1) is 0 Å². The molecular weight excluding hydrogens is 192 g/mol. The zero-order chi connectivity index (χ0) is 13.0. The van der Waals surface area contributed by atoms with Gasteiger partial charge in [-0.3, -0.25) is 0 Å². The maximum absolute atomic E-state index is 3.93. The van der Waals surface area contributed by atoms with Gasteiger partial charge in [0.1, 0.15) is 0 Å². The van der Waals surface area contributed by atoms with Crippen LogP contribution in [0.1, 0.15) is 54.9 Å². The van der Waals surface area contributed by atoms with Crippen molar-refractivity contribution >= 4 is 0 Å². The highest BCUT2D eigenvalue weighted by molar-refractivity contribution is 5.35. The largest absolute Gasteiger partial charge is 0.0988 e. The Bertz CT molecular complexity index is 287. The Morgan fingerprint density at radius 2 is 1.38 bits per heavy atom. The Morgan fingerprint density at radius 3 is 1.62 bits per heavy atom. The molecule has 0 atom stereocenters. The van der Waals surface area contributed by atoms with E-state index in [1.54, 1.807) is 0 Å². The van der Waals surface area contributed by atoms with E-state index in [4.69, 9.17) is 0 Å². The molecule has 0 N–H and O–H groups in total. The molecule has 0 aliphatic heterocycles. The molecule has 0 radical (unpaired) electrons. The molecule has 0 unspecified atom stereocenters. The lowest BCUT2D eigenvalue weighted by Gasteiger charge is -2.25. The Hall–Kier alpha value is -0.780. The summed E-state index contributed by atoms with van der Waals surface area (Å²) in [7, 11) is 0. The van der Waals surface area contributed by atoms with Gasteiger partial charge < -0.3 is 0 Å². The maximum atomic E-state index is 3.93. The Balaban J connectivity index is 5.36. The van der Waals surface area contributed by atoms with Gasteiger partial charge in [0, 0.05) is 0 Å². The fourth-order valence-electron chi connectivity index (χ4n) is 1.55. The van der Waals surface area contributed by atoms with Crippen LogP contribution in [0.4, 0.5) is 0 Å². The van der Waals surface area contributed by atoms with Crippen molar-refractivity contribution in [1.82, 2.24) is 0 Å². The van der Waals surface area contributed by atoms with Crippen LogP contribution >= 0.6 is 0 Å². The second-order valence-corrected chi connectivity index (χ2v) is 6.37. The second kappa shape index (κ2) is 5.52. The fourth-order valence-corrected chi connectivity index (χ4v) is 1.55. The first-order valence-electron chi connectivity index (χ1n) is 6.18. The van der Waals surface area contributed by atoms with Crippen LogP contribution in [0.5, 0.6) is 0 Å². The van der Waals surface area contributed by atoms with E-state index in [-0.39, 0.29) is 10.8 Å². The van der Waals surface area contributed by atoms with Gasteiger partial charge >= 0.3 is 0 Å². The Labute approximate surface area is 102 Å². The van der Waals surface area contributed by atoms with Crippen LogP contribution in [-0.4, -0.2) is 0 Å². The molecule has 0 bridgehead atoms. The van der Waals surface area contributed by atoms with E-state index in [1.807, 2.05) is 6.08 Å². The van der Waals surface area contributed by atoms with E-state index >= 15 is 0 Å². The highest BCUT2D eigenvalue weighted by atomic mass is 14.2. The fraction of sp³-hybridized carbons (Fsp3) is 0.625. The summed E-state index contributed by atoms with van der Waals surface area (Å²) in [5, 5.41) is 0. The molecule has 92 valence electrons. The van der Waals surface area contributed by atoms with Gasteiger partial charge in [0.2, 0.25) is 0 Å². The van der Waals surface area contributed by atoms with Gasteiger partial charge in [0.25, 0.3) is 0 Å². The second-order valence-electron chi connectivity index (χ2n) is 6.37. The summed E-state index contributed by atoms with van der Waals surface area (Å²) in [5.74, 6) is 0. The molecule has 0 saturated carbocycles. The van der Waals surface area contributed by atoms with E-state index in [0.717, 1.165) is 6.42 Å². The van der Waals surface area contributed by atoms with Gasteiger partial charge in [-0.1, -0.05) is 73.3 Å². The minimum absolute atomic E-state index is 0.166. The van der Waals surface area contributed by atoms with Gasteiger partial charge in [-0.25, -0.2) is 0 Å². The predicted molar refractivity (Wildman–Crippen MR) is 75.6 cm³/mol. The van der Waals surface area contributed by atoms with Gasteiger partial charge in [-0.15, -0.1) is 0 Å². The van der Waals surface area contributed by atoms with E-state index in [1.165, 1.54) is 11.1 Å². The average Bonchev–Trinajstić information content (AvgIpc) is 2.07. The zero-order valence-corrected chi connectivity index (χ0v) is 12.1. The van der Waals surface area contributed by atoms with Crippen LogP contribution < -0.4 is 0 Å². The van der Waals surface area contributed by atoms with Crippen molar-refractivity contribution in [3.63, 3.8) is 0 Å². The van der Waals surface area contributed by atoms with Crippen LogP contribution in [0.25, 0.3) is 0 Å². The SMILES string of the molecule is C=C/C(=C\C(=C/CC)C(C)(C)C)C(C)(C)C. The first-order valence-corrected chi connectivity index (χ1v) is 6.18. The molecular formula is C16H28. The van der Waals surface area contributed by atoms with E-state index in [9.17, 15) is 0 Å². The van der Waals surface area contributed by atoms with Crippen molar-refractivity contribution in [3.05, 3.63) is 36.0 Å². The monoisotopic (exact) mass is 220 g/mol. The van der Waals surface area contributed by atoms with Crippen molar-refractivity contribution in [2.45, 2.75) is 54.9 Å². The van der Waals surface area contributed by atoms with Gasteiger partial charge in [-0.2, -0.15) is 0 Å². The van der Waals surface area contributed by atoms with Crippen molar-refractivity contribution < 1.29 is 0 Å². The van der Waals surface area contributed by atoms with Crippen molar-refractivity contribution in [3.8, 4) is 0 Å². The molecule has 0 fully saturated rings. The number of hydrogen-bond acceptors (Lipinski definition) is 0. The molecule has 0 aliphatic rings. The van der Waals surface area contributed by atoms with E-state index in [2.05, 4.69) is 67.2 Å². The summed E-state index contributed by atoms with van der Waals surface area (Å²) in [4.78, 5) is 0. The number of allylic oxidation sites excluding steroid dienone is 5. The minimum Gasteiger partial charge on any atom is -0.0988 e. The Kier molecular flexibility index (Phi) is 5.25. The standard InChI is InChI=1S/C16H28/c1-9-11-14(16(6,7)8)12-13(10-2)15(3,4)5/h10-12H,2,9H2,1,3-8H3/b13-12+,14-11+. The molecule has 0 heterocycles. The maximum Gasteiger partial charge on any atom is -0.0132 e. The Morgan fingerprint density at radius 1 is 0.938 bits per heavy atom. The van der Waals surface area contributed by atoms with Crippen LogP contribution in [-0.2, 0) is 0 Å². The number of hydrogen-bond donors (Lipinski definition) is 0. The summed E-state index contributed by atoms with van der Waals surface area (Å²) in [6.45, 7) is 19.6. The van der Waals surface area contributed by atoms with Crippen LogP contribution in [0.15, 0.2) is 36.0 Å². The molecule has 0 spiro atoms. The van der Waals surface area contributed by atoms with Crippen molar-refractivity contribution in [2.75, 3.05) is 0 Å². The normalized spacial score (nSPS) is 15.2. The average molecular weight is 220 g/mol. The molecule has 0 saturated heterocycles. The first kappa shape index (κ1) is 15.2. The molecule has 0 aliphatic carbocycles. The lowest BCUT2D eigenvalue weighted by molar-refractivity contribution is 0.497. The summed E-state index contributed by atoms with van der Waals surface area (Å²) < 4.78 is 0. The summed E-state index contributed by atoms with van der Waals surface area (Å²) in [5.41, 5.74) is 3.08. The zero-order valence-electron chi connectivity index (χ0n) is 12.1. The summed E-state index contributed by atoms with van der Waals surface area (Å²) >= 11 is 0. The lowest BCUT2D eigenvalue weighted by atomic mass is 9.80. The third-order valence-corrected chi connectivity index (χ3v) is 2.69. The van der Waals surface area contributed by atoms with Crippen molar-refractivity contribution in [2.24, 2.45) is 10.8 Å². The van der Waals surface area contributed by atoms with Crippen molar-refractivity contribution in [1.29, 1.82) is 0 Å². The topological polar surface area (TPSA) is 0 Å². The van der Waals surface area contributed by atoms with Gasteiger partial charge in [0.15, 0.2) is 0 Å². The van der Waals surface area contributed by atoms with Crippen LogP contribution in [0, 0.1) is 10.8 Å². The molecule has 0 amide bonds. The molecule has 0 rings (SSSR count). The molecule has 0 aromatic rings. The molecule has 0 heteroatoms. The quantitative estimate of drug-likeness (QED) is 0.549. The molecule has 0 nitrogen and oxygen atoms in total. The number of rotatable bonds is 3. The summed E-state index contributed by atoms with van der Waals surface area (Å²) in [6, 6.07) is 0. The minimum atomic E-state index is 0.166. The van der Waals surface area contributed by atoms with E-state index < -0.39 is 0 Å². The van der Waals surface area contributed by atoms with E-state index in [0.29, 0.717) is 0 Å². The first-order chi connectivity index (χ1) is 7.12. The smallest absolute Gasteiger partial charge is 0.0132 e. The predicted octanol–water partition coefficient (Wildman–Crippen LogP) is 5.53. The highest BCUT2D eigenvalue weighted by Crippen LogP contribution is 2.33. The van der Waals surface area contributed by atoms with Crippen LogP contribution in [0.2, 0.25) is 0 Å². The van der Waals surface area contributed by atoms with Gasteiger partial charge in [-0.05, 0) is 28.4 Å². The van der Waals surface area contributed by atoms with Crippen LogP contribution in [0.3, 0.4) is 0 Å². The highest BCUT2D eigenvalue weighted by Gasteiger charge is 2.19. The molecule has 0 aromatic carbocycles. The molecule has 16 heavy (non-hydrogen) atoms. The third-order valence-electron chi connectivity index (χ3n) is 2.69. The third kappa shape index (κ3) is 4.83. The lowest BCUT2D eigenvalue weighted by Crippen LogP contribution is -2.12. The summed E-state index contributed by atoms with van der Waals surface area (Å²) in [6.07, 6.45) is 7.68. The molecule has 0 aromatic heterocycles.